The smallest absolute Gasteiger partial charge is 0.287 e. The first-order valence-electron chi connectivity index (χ1n) is 7.23. The summed E-state index contributed by atoms with van der Waals surface area (Å²) in [5.41, 5.74) is 1.69. The van der Waals surface area contributed by atoms with Crippen molar-refractivity contribution in [1.29, 1.82) is 0 Å². The highest BCUT2D eigenvalue weighted by Gasteiger charge is 2.19. The molecule has 0 spiro atoms. The zero-order chi connectivity index (χ0) is 13.9. The molecule has 106 valence electrons. The number of amides is 1. The summed E-state index contributed by atoms with van der Waals surface area (Å²) >= 11 is 0. The van der Waals surface area contributed by atoms with E-state index in [1.807, 2.05) is 31.2 Å². The van der Waals surface area contributed by atoms with Crippen molar-refractivity contribution in [3.8, 4) is 0 Å². The number of hydrogen-bond acceptors (Lipinski definition) is 3. The summed E-state index contributed by atoms with van der Waals surface area (Å²) in [6.07, 6.45) is 2.36. The van der Waals surface area contributed by atoms with Crippen LogP contribution in [0.5, 0.6) is 0 Å². The Bertz CT molecular complexity index is 612. The maximum absolute atomic E-state index is 12.3. The Kier molecular flexibility index (Phi) is 3.74. The summed E-state index contributed by atoms with van der Waals surface area (Å²) in [5, 5.41) is 7.37. The van der Waals surface area contributed by atoms with Crippen LogP contribution in [0.15, 0.2) is 28.7 Å². The number of nitrogens with one attached hydrogen (secondary N) is 2. The standard InChI is InChI=1S/C16H20N2O2/c1-11-13-6-2-3-7-14(13)20-15(11)16(19)18-10-12-5-4-8-17-9-12/h2-3,6-7,12,17H,4-5,8-10H2,1H3,(H,18,19). The van der Waals surface area contributed by atoms with Crippen LogP contribution in [0.3, 0.4) is 0 Å². The predicted molar refractivity (Wildman–Crippen MR) is 78.9 cm³/mol. The molecule has 0 radical (unpaired) electrons. The van der Waals surface area contributed by atoms with Crippen LogP contribution in [0, 0.1) is 12.8 Å². The van der Waals surface area contributed by atoms with E-state index in [-0.39, 0.29) is 5.91 Å². The molecular weight excluding hydrogens is 252 g/mol. The van der Waals surface area contributed by atoms with Gasteiger partial charge in [0.05, 0.1) is 0 Å². The van der Waals surface area contributed by atoms with Gasteiger partial charge in [-0.2, -0.15) is 0 Å². The van der Waals surface area contributed by atoms with Gasteiger partial charge in [0.25, 0.3) is 5.91 Å². The highest BCUT2D eigenvalue weighted by atomic mass is 16.3. The zero-order valence-corrected chi connectivity index (χ0v) is 11.7. The average molecular weight is 272 g/mol. The number of rotatable bonds is 3. The van der Waals surface area contributed by atoms with Crippen LogP contribution in [0.1, 0.15) is 29.0 Å². The van der Waals surface area contributed by atoms with E-state index in [9.17, 15) is 4.79 Å². The van der Waals surface area contributed by atoms with E-state index in [0.717, 1.165) is 29.6 Å². The number of benzene rings is 1. The van der Waals surface area contributed by atoms with Crippen molar-refractivity contribution >= 4 is 16.9 Å². The minimum Gasteiger partial charge on any atom is -0.451 e. The van der Waals surface area contributed by atoms with Crippen LogP contribution in [-0.4, -0.2) is 25.5 Å². The van der Waals surface area contributed by atoms with Gasteiger partial charge in [0.2, 0.25) is 0 Å². The molecule has 4 heteroatoms. The Labute approximate surface area is 118 Å². The largest absolute Gasteiger partial charge is 0.451 e. The van der Waals surface area contributed by atoms with Crippen molar-refractivity contribution in [3.05, 3.63) is 35.6 Å². The van der Waals surface area contributed by atoms with Crippen molar-refractivity contribution in [2.24, 2.45) is 5.92 Å². The molecule has 1 saturated heterocycles. The minimum atomic E-state index is -0.107. The van der Waals surface area contributed by atoms with Crippen LogP contribution < -0.4 is 10.6 Å². The van der Waals surface area contributed by atoms with E-state index in [2.05, 4.69) is 10.6 Å². The number of furan rings is 1. The molecule has 1 amide bonds. The van der Waals surface area contributed by atoms with Crippen LogP contribution in [0.2, 0.25) is 0 Å². The fraction of sp³-hybridized carbons (Fsp3) is 0.438. The van der Waals surface area contributed by atoms with Gasteiger partial charge in [-0.15, -0.1) is 0 Å². The molecule has 0 saturated carbocycles. The molecule has 4 nitrogen and oxygen atoms in total. The molecule has 3 rings (SSSR count). The average Bonchev–Trinajstić information content (AvgIpc) is 2.84. The lowest BCUT2D eigenvalue weighted by Crippen LogP contribution is -2.38. The van der Waals surface area contributed by atoms with Crippen LogP contribution >= 0.6 is 0 Å². The Morgan fingerprint density at radius 3 is 3.05 bits per heavy atom. The Morgan fingerprint density at radius 1 is 1.45 bits per heavy atom. The maximum atomic E-state index is 12.3. The van der Waals surface area contributed by atoms with Gasteiger partial charge >= 0.3 is 0 Å². The van der Waals surface area contributed by atoms with Gasteiger partial charge in [0, 0.05) is 17.5 Å². The lowest BCUT2D eigenvalue weighted by molar-refractivity contribution is 0.0918. The molecule has 1 atom stereocenters. The topological polar surface area (TPSA) is 54.3 Å². The van der Waals surface area contributed by atoms with E-state index in [0.29, 0.717) is 18.2 Å². The fourth-order valence-corrected chi connectivity index (χ4v) is 2.81. The Hall–Kier alpha value is -1.81. The molecule has 1 unspecified atom stereocenters. The molecule has 2 N–H and O–H groups in total. The number of hydrogen-bond donors (Lipinski definition) is 2. The van der Waals surface area contributed by atoms with Gasteiger partial charge in [-0.1, -0.05) is 18.2 Å². The minimum absolute atomic E-state index is 0.107. The third kappa shape index (κ3) is 2.56. The third-order valence-corrected chi connectivity index (χ3v) is 4.00. The second kappa shape index (κ2) is 5.67. The summed E-state index contributed by atoms with van der Waals surface area (Å²) in [5.74, 6) is 0.858. The summed E-state index contributed by atoms with van der Waals surface area (Å²) < 4.78 is 5.67. The van der Waals surface area contributed by atoms with E-state index in [1.165, 1.54) is 12.8 Å². The number of para-hydroxylation sites is 1. The zero-order valence-electron chi connectivity index (χ0n) is 11.7. The molecule has 1 fully saturated rings. The lowest BCUT2D eigenvalue weighted by Gasteiger charge is -2.22. The Balaban J connectivity index is 1.70. The summed E-state index contributed by atoms with van der Waals surface area (Å²) in [6.45, 7) is 4.72. The molecule has 20 heavy (non-hydrogen) atoms. The van der Waals surface area contributed by atoms with Crippen LogP contribution in [0.4, 0.5) is 0 Å². The normalized spacial score (nSPS) is 19.1. The number of carbonyl (C=O) groups excluding carboxylic acids is 1. The predicted octanol–water partition coefficient (Wildman–Crippen LogP) is 2.47. The fourth-order valence-electron chi connectivity index (χ4n) is 2.81. The van der Waals surface area contributed by atoms with Crippen molar-refractivity contribution in [2.45, 2.75) is 19.8 Å². The number of carbonyl (C=O) groups is 1. The molecule has 1 aromatic heterocycles. The van der Waals surface area contributed by atoms with Gasteiger partial charge < -0.3 is 15.1 Å². The van der Waals surface area contributed by atoms with Crippen LogP contribution in [0.25, 0.3) is 11.0 Å². The summed E-state index contributed by atoms with van der Waals surface area (Å²) in [7, 11) is 0. The first kappa shape index (κ1) is 13.2. The lowest BCUT2D eigenvalue weighted by atomic mass is 10.00. The van der Waals surface area contributed by atoms with E-state index >= 15 is 0 Å². The summed E-state index contributed by atoms with van der Waals surface area (Å²) in [4.78, 5) is 12.3. The molecule has 1 aliphatic heterocycles. The van der Waals surface area contributed by atoms with Crippen molar-refractivity contribution in [1.82, 2.24) is 10.6 Å². The van der Waals surface area contributed by atoms with E-state index in [4.69, 9.17) is 4.42 Å². The number of fused-ring (bicyclic) bond motifs is 1. The first-order valence-corrected chi connectivity index (χ1v) is 7.23. The highest BCUT2D eigenvalue weighted by Crippen LogP contribution is 2.24. The van der Waals surface area contributed by atoms with E-state index in [1.54, 1.807) is 0 Å². The molecule has 2 aromatic rings. The van der Waals surface area contributed by atoms with Gasteiger partial charge in [-0.05, 0) is 44.8 Å². The molecule has 0 bridgehead atoms. The molecule has 1 aliphatic rings. The monoisotopic (exact) mass is 272 g/mol. The molecular formula is C16H20N2O2. The second-order valence-corrected chi connectivity index (χ2v) is 5.47. The molecule has 0 aliphatic carbocycles. The highest BCUT2D eigenvalue weighted by molar-refractivity contribution is 5.98. The van der Waals surface area contributed by atoms with Crippen molar-refractivity contribution in [2.75, 3.05) is 19.6 Å². The van der Waals surface area contributed by atoms with Crippen LogP contribution in [-0.2, 0) is 0 Å². The van der Waals surface area contributed by atoms with Crippen molar-refractivity contribution in [3.63, 3.8) is 0 Å². The van der Waals surface area contributed by atoms with E-state index < -0.39 is 0 Å². The summed E-state index contributed by atoms with van der Waals surface area (Å²) in [6, 6.07) is 7.75. The second-order valence-electron chi connectivity index (χ2n) is 5.47. The first-order chi connectivity index (χ1) is 9.75. The van der Waals surface area contributed by atoms with Gasteiger partial charge in [-0.3, -0.25) is 4.79 Å². The van der Waals surface area contributed by atoms with Crippen molar-refractivity contribution < 1.29 is 9.21 Å². The molecule has 1 aromatic carbocycles. The SMILES string of the molecule is Cc1c(C(=O)NCC2CCCNC2)oc2ccccc12. The number of piperidine rings is 1. The maximum Gasteiger partial charge on any atom is 0.287 e. The van der Waals surface area contributed by atoms with Gasteiger partial charge in [0.1, 0.15) is 5.58 Å². The molecule has 2 heterocycles. The Morgan fingerprint density at radius 2 is 2.30 bits per heavy atom. The third-order valence-electron chi connectivity index (χ3n) is 4.00. The van der Waals surface area contributed by atoms with Gasteiger partial charge in [-0.25, -0.2) is 0 Å². The number of aryl methyl sites for hydroxylation is 1. The quantitative estimate of drug-likeness (QED) is 0.902. The van der Waals surface area contributed by atoms with Gasteiger partial charge in [0.15, 0.2) is 5.76 Å².